The molecule has 0 atom stereocenters. The molecular weight excluding hydrogens is 314 g/mol. The number of nitrogens with one attached hydrogen (secondary N) is 2. The minimum absolute atomic E-state index is 0.175. The number of carbonyl (C=O) groups excluding carboxylic acids is 1. The maximum Gasteiger partial charge on any atom is 0.270 e. The first-order chi connectivity index (χ1) is 12.3. The SMILES string of the molecule is N#Cc1ccccc1Nc1cc(C(=O)NC2CCCCCC2)ncn1. The first kappa shape index (κ1) is 16.9. The summed E-state index contributed by atoms with van der Waals surface area (Å²) in [5.74, 6) is 0.314. The quantitative estimate of drug-likeness (QED) is 0.834. The molecule has 25 heavy (non-hydrogen) atoms. The lowest BCUT2D eigenvalue weighted by atomic mass is 10.1. The number of nitrogens with zero attached hydrogens (tertiary/aromatic N) is 3. The third-order valence-corrected chi connectivity index (χ3v) is 4.40. The molecule has 2 N–H and O–H groups in total. The van der Waals surface area contributed by atoms with Crippen LogP contribution >= 0.6 is 0 Å². The Morgan fingerprint density at radius 2 is 1.88 bits per heavy atom. The second-order valence-corrected chi connectivity index (χ2v) is 6.23. The molecule has 1 heterocycles. The van der Waals surface area contributed by atoms with Gasteiger partial charge in [-0.15, -0.1) is 0 Å². The lowest BCUT2D eigenvalue weighted by Crippen LogP contribution is -2.34. The maximum atomic E-state index is 12.5. The Morgan fingerprint density at radius 1 is 1.12 bits per heavy atom. The van der Waals surface area contributed by atoms with Gasteiger partial charge in [0, 0.05) is 12.1 Å². The highest BCUT2D eigenvalue weighted by molar-refractivity contribution is 5.93. The van der Waals surface area contributed by atoms with Gasteiger partial charge in [0.25, 0.3) is 5.91 Å². The van der Waals surface area contributed by atoms with Gasteiger partial charge in [-0.1, -0.05) is 37.8 Å². The fourth-order valence-corrected chi connectivity index (χ4v) is 3.06. The molecule has 1 saturated carbocycles. The molecule has 0 bridgehead atoms. The van der Waals surface area contributed by atoms with E-state index in [1.54, 1.807) is 24.3 Å². The second kappa shape index (κ2) is 8.25. The van der Waals surface area contributed by atoms with Crippen molar-refractivity contribution in [2.45, 2.75) is 44.6 Å². The Morgan fingerprint density at radius 3 is 2.64 bits per heavy atom. The molecule has 1 aromatic carbocycles. The first-order valence-corrected chi connectivity index (χ1v) is 8.65. The molecule has 6 heteroatoms. The van der Waals surface area contributed by atoms with Crippen LogP contribution in [0, 0.1) is 11.3 Å². The van der Waals surface area contributed by atoms with Crippen molar-refractivity contribution in [1.82, 2.24) is 15.3 Å². The molecule has 1 aromatic heterocycles. The monoisotopic (exact) mass is 335 g/mol. The average molecular weight is 335 g/mol. The van der Waals surface area contributed by atoms with Gasteiger partial charge in [0.2, 0.25) is 0 Å². The van der Waals surface area contributed by atoms with Gasteiger partial charge >= 0.3 is 0 Å². The normalized spacial score (nSPS) is 15.0. The van der Waals surface area contributed by atoms with Crippen molar-refractivity contribution >= 4 is 17.4 Å². The van der Waals surface area contributed by atoms with Crippen molar-refractivity contribution in [2.75, 3.05) is 5.32 Å². The van der Waals surface area contributed by atoms with Crippen molar-refractivity contribution in [1.29, 1.82) is 5.26 Å². The average Bonchev–Trinajstić information content (AvgIpc) is 2.91. The van der Waals surface area contributed by atoms with Gasteiger partial charge in [0.05, 0.1) is 11.3 Å². The van der Waals surface area contributed by atoms with Gasteiger partial charge in [0.1, 0.15) is 23.9 Å². The lowest BCUT2D eigenvalue weighted by Gasteiger charge is -2.16. The van der Waals surface area contributed by atoms with Crippen LogP contribution in [0.5, 0.6) is 0 Å². The molecule has 0 radical (unpaired) electrons. The summed E-state index contributed by atoms with van der Waals surface area (Å²) in [6, 6.07) is 11.1. The highest BCUT2D eigenvalue weighted by Crippen LogP contribution is 2.20. The first-order valence-electron chi connectivity index (χ1n) is 8.65. The van der Waals surface area contributed by atoms with Crippen LogP contribution in [-0.2, 0) is 0 Å². The number of carbonyl (C=O) groups is 1. The number of amides is 1. The summed E-state index contributed by atoms with van der Waals surface area (Å²) in [6.07, 6.45) is 8.21. The third-order valence-electron chi connectivity index (χ3n) is 4.40. The molecule has 3 rings (SSSR count). The number of hydrogen-bond acceptors (Lipinski definition) is 5. The van der Waals surface area contributed by atoms with Crippen LogP contribution in [0.4, 0.5) is 11.5 Å². The number of nitriles is 1. The van der Waals surface area contributed by atoms with E-state index in [0.29, 0.717) is 22.8 Å². The zero-order chi connectivity index (χ0) is 17.5. The maximum absolute atomic E-state index is 12.5. The van der Waals surface area contributed by atoms with Gasteiger partial charge in [-0.3, -0.25) is 4.79 Å². The van der Waals surface area contributed by atoms with Crippen LogP contribution in [-0.4, -0.2) is 21.9 Å². The molecule has 1 fully saturated rings. The van der Waals surface area contributed by atoms with E-state index >= 15 is 0 Å². The molecule has 1 amide bonds. The highest BCUT2D eigenvalue weighted by atomic mass is 16.1. The van der Waals surface area contributed by atoms with Crippen LogP contribution in [0.3, 0.4) is 0 Å². The van der Waals surface area contributed by atoms with Crippen LogP contribution in [0.1, 0.15) is 54.6 Å². The lowest BCUT2D eigenvalue weighted by molar-refractivity contribution is 0.0928. The molecule has 0 spiro atoms. The molecule has 1 aliphatic carbocycles. The zero-order valence-electron chi connectivity index (χ0n) is 14.0. The highest BCUT2D eigenvalue weighted by Gasteiger charge is 2.17. The smallest absolute Gasteiger partial charge is 0.270 e. The summed E-state index contributed by atoms with van der Waals surface area (Å²) in [4.78, 5) is 20.7. The summed E-state index contributed by atoms with van der Waals surface area (Å²) in [5.41, 5.74) is 1.50. The molecule has 6 nitrogen and oxygen atoms in total. The van der Waals surface area contributed by atoms with Gasteiger partial charge in [-0.25, -0.2) is 9.97 Å². The second-order valence-electron chi connectivity index (χ2n) is 6.23. The molecule has 128 valence electrons. The molecule has 2 aromatic rings. The summed E-state index contributed by atoms with van der Waals surface area (Å²) < 4.78 is 0. The Hall–Kier alpha value is -2.94. The zero-order valence-corrected chi connectivity index (χ0v) is 14.0. The van der Waals surface area contributed by atoms with Crippen molar-refractivity contribution in [3.8, 4) is 6.07 Å². The van der Waals surface area contributed by atoms with E-state index in [-0.39, 0.29) is 11.9 Å². The fraction of sp³-hybridized carbons (Fsp3) is 0.368. The van der Waals surface area contributed by atoms with Gasteiger partial charge in [-0.2, -0.15) is 5.26 Å². The van der Waals surface area contributed by atoms with Crippen molar-refractivity contribution in [3.05, 3.63) is 47.9 Å². The molecular formula is C19H21N5O. The van der Waals surface area contributed by atoms with E-state index in [0.717, 1.165) is 25.7 Å². The third kappa shape index (κ3) is 4.54. The largest absolute Gasteiger partial charge is 0.348 e. The molecule has 1 aliphatic rings. The topological polar surface area (TPSA) is 90.7 Å². The predicted octanol–water partition coefficient (Wildman–Crippen LogP) is 3.54. The summed E-state index contributed by atoms with van der Waals surface area (Å²) in [5, 5.41) is 15.3. The van der Waals surface area contributed by atoms with Crippen molar-refractivity contribution in [2.24, 2.45) is 0 Å². The van der Waals surface area contributed by atoms with Gasteiger partial charge in [0.15, 0.2) is 0 Å². The number of anilines is 2. The van der Waals surface area contributed by atoms with E-state index in [1.165, 1.54) is 19.2 Å². The molecule has 0 unspecified atom stereocenters. The van der Waals surface area contributed by atoms with Crippen molar-refractivity contribution in [3.63, 3.8) is 0 Å². The number of rotatable bonds is 4. The minimum Gasteiger partial charge on any atom is -0.348 e. The Kier molecular flexibility index (Phi) is 5.57. The van der Waals surface area contributed by atoms with E-state index < -0.39 is 0 Å². The van der Waals surface area contributed by atoms with Crippen LogP contribution < -0.4 is 10.6 Å². The Balaban J connectivity index is 1.70. The van der Waals surface area contributed by atoms with Crippen molar-refractivity contribution < 1.29 is 4.79 Å². The molecule has 0 saturated heterocycles. The minimum atomic E-state index is -0.175. The van der Waals surface area contributed by atoms with Crippen LogP contribution in [0.15, 0.2) is 36.7 Å². The van der Waals surface area contributed by atoms with Gasteiger partial charge < -0.3 is 10.6 Å². The van der Waals surface area contributed by atoms with E-state index in [4.69, 9.17) is 5.26 Å². The molecule has 0 aliphatic heterocycles. The summed E-state index contributed by atoms with van der Waals surface area (Å²) >= 11 is 0. The summed E-state index contributed by atoms with van der Waals surface area (Å²) in [7, 11) is 0. The van der Waals surface area contributed by atoms with Crippen LogP contribution in [0.2, 0.25) is 0 Å². The Labute approximate surface area is 147 Å². The number of aromatic nitrogens is 2. The number of para-hydroxylation sites is 1. The van der Waals surface area contributed by atoms with E-state index in [2.05, 4.69) is 26.7 Å². The number of hydrogen-bond donors (Lipinski definition) is 2. The van der Waals surface area contributed by atoms with Gasteiger partial charge in [-0.05, 0) is 25.0 Å². The predicted molar refractivity (Wildman–Crippen MR) is 95.4 cm³/mol. The fourth-order valence-electron chi connectivity index (χ4n) is 3.06. The number of benzene rings is 1. The summed E-state index contributed by atoms with van der Waals surface area (Å²) in [6.45, 7) is 0. The Bertz CT molecular complexity index is 775. The van der Waals surface area contributed by atoms with E-state index in [9.17, 15) is 4.79 Å². The van der Waals surface area contributed by atoms with E-state index in [1.807, 2.05) is 6.07 Å². The standard InChI is InChI=1S/C19H21N5O/c20-12-14-7-5-6-10-16(14)24-18-11-17(21-13-22-18)19(25)23-15-8-3-1-2-4-9-15/h5-7,10-11,13,15H,1-4,8-9H2,(H,23,25)(H,21,22,24). The van der Waals surface area contributed by atoms with Crippen LogP contribution in [0.25, 0.3) is 0 Å².